The molecule has 0 saturated carbocycles. The van der Waals surface area contributed by atoms with Gasteiger partial charge in [0.1, 0.15) is 25.0 Å². The van der Waals surface area contributed by atoms with Crippen molar-refractivity contribution < 1.29 is 19.1 Å². The maximum atomic E-state index is 12.9. The van der Waals surface area contributed by atoms with Gasteiger partial charge in [0, 0.05) is 18.3 Å². The van der Waals surface area contributed by atoms with Crippen LogP contribution in [0.2, 0.25) is 0 Å². The number of nitrogens with zero attached hydrogens (tertiary/aromatic N) is 2. The number of aromatic nitrogens is 2. The zero-order valence-electron chi connectivity index (χ0n) is 22.5. The number of benzene rings is 4. The molecule has 0 aliphatic rings. The molecule has 9 nitrogen and oxygen atoms in total. The number of imidazole rings is 1. The van der Waals surface area contributed by atoms with Crippen molar-refractivity contribution in [2.75, 3.05) is 0 Å². The lowest BCUT2D eigenvalue weighted by molar-refractivity contribution is -0.123. The zero-order valence-corrected chi connectivity index (χ0v) is 24.1. The number of amides is 2. The molecule has 0 unspecified atom stereocenters. The predicted octanol–water partition coefficient (Wildman–Crippen LogP) is 5.89. The highest BCUT2D eigenvalue weighted by molar-refractivity contribution is 9.10. The van der Waals surface area contributed by atoms with Gasteiger partial charge in [-0.3, -0.25) is 4.79 Å². The molecule has 0 aliphatic heterocycles. The predicted molar refractivity (Wildman–Crippen MR) is 164 cm³/mol. The highest BCUT2D eigenvalue weighted by Gasteiger charge is 2.22. The van der Waals surface area contributed by atoms with Crippen LogP contribution >= 0.6 is 15.9 Å². The number of carbonyl (C=O) groups excluding carboxylic acids is 2. The van der Waals surface area contributed by atoms with Crippen molar-refractivity contribution in [3.05, 3.63) is 130 Å². The maximum absolute atomic E-state index is 12.9. The van der Waals surface area contributed by atoms with E-state index in [0.717, 1.165) is 31.9 Å². The van der Waals surface area contributed by atoms with Crippen LogP contribution in [-0.4, -0.2) is 34.2 Å². The summed E-state index contributed by atoms with van der Waals surface area (Å²) in [6, 6.07) is 28.2. The smallest absolute Gasteiger partial charge is 0.408 e. The van der Waals surface area contributed by atoms with E-state index in [0.29, 0.717) is 18.1 Å². The Bertz CT molecular complexity index is 1670. The summed E-state index contributed by atoms with van der Waals surface area (Å²) >= 11 is 3.56. The van der Waals surface area contributed by atoms with E-state index in [-0.39, 0.29) is 13.0 Å². The lowest BCUT2D eigenvalue weighted by Crippen LogP contribution is -2.47. The van der Waals surface area contributed by atoms with E-state index in [1.165, 1.54) is 12.5 Å². The van der Waals surface area contributed by atoms with Crippen molar-refractivity contribution >= 4 is 44.9 Å². The molecule has 0 spiro atoms. The van der Waals surface area contributed by atoms with Crippen LogP contribution in [0.5, 0.6) is 5.75 Å². The zero-order chi connectivity index (χ0) is 29.1. The average molecular weight is 627 g/mol. The van der Waals surface area contributed by atoms with E-state index >= 15 is 0 Å². The van der Waals surface area contributed by atoms with Gasteiger partial charge >= 0.3 is 6.09 Å². The molecular weight excluding hydrogens is 598 g/mol. The quantitative estimate of drug-likeness (QED) is 0.125. The van der Waals surface area contributed by atoms with Gasteiger partial charge in [0.05, 0.1) is 17.0 Å². The molecule has 1 atom stereocenters. The Morgan fingerprint density at radius 3 is 2.60 bits per heavy atom. The van der Waals surface area contributed by atoms with Gasteiger partial charge in [-0.05, 0) is 61.6 Å². The van der Waals surface area contributed by atoms with Crippen LogP contribution in [-0.2, 0) is 29.2 Å². The number of halogens is 1. The van der Waals surface area contributed by atoms with Gasteiger partial charge in [-0.2, -0.15) is 5.10 Å². The van der Waals surface area contributed by atoms with Crippen molar-refractivity contribution in [2.24, 2.45) is 5.10 Å². The second kappa shape index (κ2) is 14.1. The number of H-pyrrole nitrogens is 1. The van der Waals surface area contributed by atoms with Crippen molar-refractivity contribution in [1.29, 1.82) is 0 Å². The number of carbonyl (C=O) groups is 2. The topological polar surface area (TPSA) is 118 Å². The summed E-state index contributed by atoms with van der Waals surface area (Å²) in [6.07, 6.45) is 4.06. The molecule has 42 heavy (non-hydrogen) atoms. The molecule has 3 N–H and O–H groups in total. The van der Waals surface area contributed by atoms with E-state index in [4.69, 9.17) is 9.47 Å². The number of ether oxygens (including phenoxy) is 2. The summed E-state index contributed by atoms with van der Waals surface area (Å²) in [5.41, 5.74) is 5.84. The van der Waals surface area contributed by atoms with Crippen LogP contribution in [0.3, 0.4) is 0 Å². The lowest BCUT2D eigenvalue weighted by atomic mass is 10.1. The molecule has 10 heteroatoms. The molecule has 1 heterocycles. The largest absolute Gasteiger partial charge is 0.488 e. The fourth-order valence-electron chi connectivity index (χ4n) is 4.27. The molecule has 0 saturated heterocycles. The second-order valence-electron chi connectivity index (χ2n) is 9.39. The van der Waals surface area contributed by atoms with Crippen LogP contribution < -0.4 is 15.5 Å². The van der Waals surface area contributed by atoms with Gasteiger partial charge in [0.2, 0.25) is 0 Å². The average Bonchev–Trinajstić information content (AvgIpc) is 3.53. The molecule has 1 aromatic heterocycles. The molecule has 0 bridgehead atoms. The first-order valence-corrected chi connectivity index (χ1v) is 14.0. The summed E-state index contributed by atoms with van der Waals surface area (Å²) in [6.45, 7) is 0.502. The molecule has 5 aromatic rings. The number of hydrazone groups is 1. The fraction of sp³-hybridized carbons (Fsp3) is 0.125. The number of alkyl carbamates (subject to hydrolysis) is 1. The molecular formula is C32H28BrN5O4. The molecule has 212 valence electrons. The number of rotatable bonds is 11. The molecule has 0 radical (unpaired) electrons. The first-order valence-electron chi connectivity index (χ1n) is 13.2. The third-order valence-corrected chi connectivity index (χ3v) is 7.03. The third kappa shape index (κ3) is 7.82. The summed E-state index contributed by atoms with van der Waals surface area (Å²) in [5.74, 6) is 0.175. The van der Waals surface area contributed by atoms with Gasteiger partial charge in [-0.25, -0.2) is 15.2 Å². The van der Waals surface area contributed by atoms with Gasteiger partial charge < -0.3 is 19.8 Å². The Morgan fingerprint density at radius 2 is 1.79 bits per heavy atom. The summed E-state index contributed by atoms with van der Waals surface area (Å²) in [5, 5.41) is 9.01. The Hall–Kier alpha value is -4.96. The van der Waals surface area contributed by atoms with E-state index in [2.05, 4.69) is 66.0 Å². The molecule has 0 fully saturated rings. The van der Waals surface area contributed by atoms with Crippen LogP contribution in [0.25, 0.3) is 10.8 Å². The van der Waals surface area contributed by atoms with E-state index in [1.54, 1.807) is 6.20 Å². The van der Waals surface area contributed by atoms with Gasteiger partial charge in [-0.15, -0.1) is 0 Å². The molecule has 2 amide bonds. The van der Waals surface area contributed by atoms with Crippen molar-refractivity contribution in [3.63, 3.8) is 0 Å². The van der Waals surface area contributed by atoms with Crippen molar-refractivity contribution in [3.8, 4) is 5.75 Å². The van der Waals surface area contributed by atoms with Crippen molar-refractivity contribution in [1.82, 2.24) is 20.7 Å². The van der Waals surface area contributed by atoms with Gasteiger partial charge in [-0.1, -0.05) is 72.8 Å². The molecule has 0 aliphatic carbocycles. The summed E-state index contributed by atoms with van der Waals surface area (Å²) < 4.78 is 12.1. The number of fused-ring (bicyclic) bond motifs is 1. The number of hydrogen-bond acceptors (Lipinski definition) is 6. The summed E-state index contributed by atoms with van der Waals surface area (Å²) in [7, 11) is 0. The minimum atomic E-state index is -0.942. The number of hydrogen-bond donors (Lipinski definition) is 3. The Labute approximate surface area is 251 Å². The lowest BCUT2D eigenvalue weighted by Gasteiger charge is -2.16. The minimum absolute atomic E-state index is 0.0831. The standard InChI is InChI=1S/C32H28BrN5O4/c33-28-15-23(13-14-30(28)41-20-25-11-6-10-24-9-4-5-12-27(24)25)17-36-38-31(39)29(16-26-18-34-21-35-26)37-32(40)42-19-22-7-2-1-3-8-22/h1-15,17-18,21,29H,16,19-20H2,(H,34,35)(H,37,40)(H,38,39)/b36-17-/t29-/m1/s1. The van der Waals surface area contributed by atoms with E-state index < -0.39 is 18.0 Å². The number of aromatic amines is 1. The van der Waals surface area contributed by atoms with Crippen LogP contribution in [0.15, 0.2) is 113 Å². The molecule has 4 aromatic carbocycles. The monoisotopic (exact) mass is 625 g/mol. The normalized spacial score (nSPS) is 11.7. The molecule has 5 rings (SSSR count). The van der Waals surface area contributed by atoms with Crippen LogP contribution in [0, 0.1) is 0 Å². The number of nitrogens with one attached hydrogen (secondary N) is 3. The third-order valence-electron chi connectivity index (χ3n) is 6.41. The maximum Gasteiger partial charge on any atom is 0.408 e. The highest BCUT2D eigenvalue weighted by atomic mass is 79.9. The highest BCUT2D eigenvalue weighted by Crippen LogP contribution is 2.27. The van der Waals surface area contributed by atoms with Gasteiger partial charge in [0.25, 0.3) is 5.91 Å². The minimum Gasteiger partial charge on any atom is -0.488 e. The fourth-order valence-corrected chi connectivity index (χ4v) is 4.78. The first kappa shape index (κ1) is 28.6. The summed E-state index contributed by atoms with van der Waals surface area (Å²) in [4.78, 5) is 32.3. The Morgan fingerprint density at radius 1 is 0.976 bits per heavy atom. The van der Waals surface area contributed by atoms with Crippen LogP contribution in [0.4, 0.5) is 4.79 Å². The Balaban J connectivity index is 1.17. The van der Waals surface area contributed by atoms with E-state index in [1.807, 2.05) is 66.7 Å². The first-order chi connectivity index (χ1) is 20.5. The van der Waals surface area contributed by atoms with Crippen molar-refractivity contribution in [2.45, 2.75) is 25.7 Å². The van der Waals surface area contributed by atoms with Gasteiger partial charge in [0.15, 0.2) is 0 Å². The van der Waals surface area contributed by atoms with E-state index in [9.17, 15) is 9.59 Å². The second-order valence-corrected chi connectivity index (χ2v) is 10.2. The SMILES string of the molecule is O=C(N[C@H](Cc1cnc[nH]1)C(=O)N/N=C\c1ccc(OCc2cccc3ccccc23)c(Br)c1)OCc1ccccc1. The van der Waals surface area contributed by atoms with Crippen LogP contribution in [0.1, 0.15) is 22.4 Å². The Kier molecular flexibility index (Phi) is 9.58.